The number of rotatable bonds is 8. The van der Waals surface area contributed by atoms with Gasteiger partial charge in [0.15, 0.2) is 0 Å². The van der Waals surface area contributed by atoms with Crippen LogP contribution in [-0.2, 0) is 28.6 Å². The van der Waals surface area contributed by atoms with E-state index < -0.39 is 17.9 Å². The molecule has 0 aromatic heterocycles. The first-order valence-electron chi connectivity index (χ1n) is 7.04. The second kappa shape index (κ2) is 9.46. The number of hydrogen-bond donors (Lipinski definition) is 1. The van der Waals surface area contributed by atoms with Crippen molar-refractivity contribution in [1.82, 2.24) is 5.32 Å². The number of esters is 1. The third-order valence-corrected chi connectivity index (χ3v) is 3.43. The standard InChI is InChI=1S/C14H23NO6/c1-19-6-7-21-9-12(17)15-13(14(18)20-2)10-4-3-5-11(16)8-10/h10,13H,3-9H2,1-2H3,(H,15,17)/t10-,13-/m0/s1. The molecule has 120 valence electrons. The van der Waals surface area contributed by atoms with Crippen LogP contribution in [0, 0.1) is 5.92 Å². The number of carbonyl (C=O) groups excluding carboxylic acids is 3. The van der Waals surface area contributed by atoms with E-state index in [1.165, 1.54) is 14.2 Å². The quantitative estimate of drug-likeness (QED) is 0.504. The maximum atomic E-state index is 11.8. The summed E-state index contributed by atoms with van der Waals surface area (Å²) in [6.07, 6.45) is 2.29. The maximum Gasteiger partial charge on any atom is 0.328 e. The molecule has 21 heavy (non-hydrogen) atoms. The zero-order valence-corrected chi connectivity index (χ0v) is 12.6. The molecule has 7 heteroatoms. The molecule has 1 saturated carbocycles. The molecule has 0 aliphatic heterocycles. The highest BCUT2D eigenvalue weighted by molar-refractivity contribution is 5.86. The molecule has 2 atom stereocenters. The van der Waals surface area contributed by atoms with Crippen molar-refractivity contribution < 1.29 is 28.6 Å². The number of hydrogen-bond acceptors (Lipinski definition) is 6. The Morgan fingerprint density at radius 3 is 2.71 bits per heavy atom. The lowest BCUT2D eigenvalue weighted by atomic mass is 9.83. The number of amides is 1. The van der Waals surface area contributed by atoms with Crippen molar-refractivity contribution in [3.8, 4) is 0 Å². The van der Waals surface area contributed by atoms with Gasteiger partial charge in [-0.2, -0.15) is 0 Å². The Morgan fingerprint density at radius 1 is 1.33 bits per heavy atom. The van der Waals surface area contributed by atoms with Crippen LogP contribution >= 0.6 is 0 Å². The summed E-state index contributed by atoms with van der Waals surface area (Å²) < 4.78 is 14.6. The summed E-state index contributed by atoms with van der Waals surface area (Å²) in [4.78, 5) is 35.1. The fourth-order valence-corrected chi connectivity index (χ4v) is 2.36. The van der Waals surface area contributed by atoms with E-state index in [0.717, 1.165) is 12.8 Å². The van der Waals surface area contributed by atoms with Gasteiger partial charge in [-0.15, -0.1) is 0 Å². The van der Waals surface area contributed by atoms with Crippen LogP contribution in [0.2, 0.25) is 0 Å². The second-order valence-corrected chi connectivity index (χ2v) is 5.01. The molecular weight excluding hydrogens is 278 g/mol. The van der Waals surface area contributed by atoms with Crippen molar-refractivity contribution in [3.05, 3.63) is 0 Å². The zero-order chi connectivity index (χ0) is 15.7. The molecule has 1 aliphatic rings. The highest BCUT2D eigenvalue weighted by Gasteiger charge is 2.34. The SMILES string of the molecule is COCCOCC(=O)N[C@H](C(=O)OC)[C@H]1CCCC(=O)C1. The van der Waals surface area contributed by atoms with Gasteiger partial charge in [0.05, 0.1) is 20.3 Å². The molecule has 0 unspecified atom stereocenters. The highest BCUT2D eigenvalue weighted by Crippen LogP contribution is 2.25. The predicted octanol–water partition coefficient (Wildman–Crippen LogP) is 0.0665. The van der Waals surface area contributed by atoms with E-state index in [4.69, 9.17) is 14.2 Å². The zero-order valence-electron chi connectivity index (χ0n) is 12.6. The molecule has 0 saturated heterocycles. The lowest BCUT2D eigenvalue weighted by molar-refractivity contribution is -0.148. The van der Waals surface area contributed by atoms with Crippen LogP contribution in [0.3, 0.4) is 0 Å². The van der Waals surface area contributed by atoms with Gasteiger partial charge in [0.2, 0.25) is 5.91 Å². The topological polar surface area (TPSA) is 90.9 Å². The van der Waals surface area contributed by atoms with E-state index in [1.54, 1.807) is 0 Å². The number of ketones is 1. The van der Waals surface area contributed by atoms with Crippen LogP contribution in [0.4, 0.5) is 0 Å². The van der Waals surface area contributed by atoms with Gasteiger partial charge in [0.1, 0.15) is 18.4 Å². The first kappa shape index (κ1) is 17.6. The van der Waals surface area contributed by atoms with Crippen LogP contribution in [0.1, 0.15) is 25.7 Å². The van der Waals surface area contributed by atoms with Gasteiger partial charge in [-0.3, -0.25) is 9.59 Å². The van der Waals surface area contributed by atoms with Crippen LogP contribution in [0.15, 0.2) is 0 Å². The van der Waals surface area contributed by atoms with E-state index in [1.807, 2.05) is 0 Å². The van der Waals surface area contributed by atoms with E-state index >= 15 is 0 Å². The molecule has 1 amide bonds. The van der Waals surface area contributed by atoms with Gasteiger partial charge in [0, 0.05) is 20.0 Å². The fraction of sp³-hybridized carbons (Fsp3) is 0.786. The Labute approximate surface area is 124 Å². The average Bonchev–Trinajstić information content (AvgIpc) is 2.48. The van der Waals surface area contributed by atoms with Crippen LogP contribution in [0.5, 0.6) is 0 Å². The number of Topliss-reactive ketones (excluding diaryl/α,β-unsaturated/α-hetero) is 1. The number of ether oxygens (including phenoxy) is 3. The van der Waals surface area contributed by atoms with Gasteiger partial charge in [0.25, 0.3) is 0 Å². The Hall–Kier alpha value is -1.47. The molecule has 1 N–H and O–H groups in total. The molecule has 0 heterocycles. The van der Waals surface area contributed by atoms with Crippen molar-refractivity contribution >= 4 is 17.7 Å². The highest BCUT2D eigenvalue weighted by atomic mass is 16.5. The van der Waals surface area contributed by atoms with E-state index in [9.17, 15) is 14.4 Å². The predicted molar refractivity (Wildman–Crippen MR) is 73.6 cm³/mol. The molecule has 7 nitrogen and oxygen atoms in total. The maximum absolute atomic E-state index is 11.8. The fourth-order valence-electron chi connectivity index (χ4n) is 2.36. The summed E-state index contributed by atoms with van der Waals surface area (Å²) >= 11 is 0. The second-order valence-electron chi connectivity index (χ2n) is 5.01. The Balaban J connectivity index is 2.51. The van der Waals surface area contributed by atoms with Crippen LogP contribution in [0.25, 0.3) is 0 Å². The summed E-state index contributed by atoms with van der Waals surface area (Å²) in [5.41, 5.74) is 0. The first-order chi connectivity index (χ1) is 10.1. The summed E-state index contributed by atoms with van der Waals surface area (Å²) in [6.45, 7) is 0.539. The molecule has 0 aromatic rings. The normalized spacial score (nSPS) is 19.9. The molecule has 1 aliphatic carbocycles. The van der Waals surface area contributed by atoms with Crippen molar-refractivity contribution in [1.29, 1.82) is 0 Å². The van der Waals surface area contributed by atoms with Gasteiger partial charge in [-0.05, 0) is 18.8 Å². The van der Waals surface area contributed by atoms with Crippen molar-refractivity contribution in [2.24, 2.45) is 5.92 Å². The Bertz CT molecular complexity index is 370. The molecule has 1 rings (SSSR count). The molecule has 0 bridgehead atoms. The third kappa shape index (κ3) is 6.22. The van der Waals surface area contributed by atoms with E-state index in [2.05, 4.69) is 5.32 Å². The summed E-state index contributed by atoms with van der Waals surface area (Å²) in [5, 5.41) is 2.60. The largest absolute Gasteiger partial charge is 0.467 e. The summed E-state index contributed by atoms with van der Waals surface area (Å²) in [5.74, 6) is -1.02. The minimum atomic E-state index is -0.794. The molecule has 1 fully saturated rings. The van der Waals surface area contributed by atoms with Crippen LogP contribution < -0.4 is 5.32 Å². The monoisotopic (exact) mass is 301 g/mol. The smallest absolute Gasteiger partial charge is 0.328 e. The molecule has 0 aromatic carbocycles. The summed E-state index contributed by atoms with van der Waals surface area (Å²) in [6, 6.07) is -0.794. The number of nitrogens with one attached hydrogen (secondary N) is 1. The molecule has 0 spiro atoms. The number of methoxy groups -OCH3 is 2. The minimum absolute atomic E-state index is 0.116. The van der Waals surface area contributed by atoms with Crippen molar-refractivity contribution in [2.45, 2.75) is 31.7 Å². The third-order valence-electron chi connectivity index (χ3n) is 3.43. The van der Waals surface area contributed by atoms with Gasteiger partial charge in [-0.25, -0.2) is 4.79 Å². The minimum Gasteiger partial charge on any atom is -0.467 e. The van der Waals surface area contributed by atoms with E-state index in [0.29, 0.717) is 26.1 Å². The first-order valence-corrected chi connectivity index (χ1v) is 7.04. The molecular formula is C14H23NO6. The van der Waals surface area contributed by atoms with Gasteiger partial charge in [-0.1, -0.05) is 0 Å². The number of carbonyl (C=O) groups is 3. The lowest BCUT2D eigenvalue weighted by Gasteiger charge is -2.28. The van der Waals surface area contributed by atoms with E-state index in [-0.39, 0.29) is 18.3 Å². The van der Waals surface area contributed by atoms with Gasteiger partial charge >= 0.3 is 5.97 Å². The lowest BCUT2D eigenvalue weighted by Crippen LogP contribution is -2.49. The molecule has 0 radical (unpaired) electrons. The van der Waals surface area contributed by atoms with Gasteiger partial charge < -0.3 is 19.5 Å². The van der Waals surface area contributed by atoms with Crippen molar-refractivity contribution in [3.63, 3.8) is 0 Å². The Morgan fingerprint density at radius 2 is 2.10 bits per heavy atom. The summed E-state index contributed by atoms with van der Waals surface area (Å²) in [7, 11) is 2.80. The average molecular weight is 301 g/mol. The Kier molecular flexibility index (Phi) is 7.92. The van der Waals surface area contributed by atoms with Crippen LogP contribution in [-0.4, -0.2) is 57.7 Å². The van der Waals surface area contributed by atoms with Crippen molar-refractivity contribution in [2.75, 3.05) is 34.0 Å².